The standard InChI is InChI=1S/C20H25N3O3/c1-20(2,3)26-19(24)23-16-11-21-18(22-12-16)15-9-17(10-15)25-13-14-7-5-4-6-8-14/h4-8,11-12,15,17H,9-10,13H2,1-3H3,(H,23,24). The number of carbonyl (C=O) groups is 1. The van der Waals surface area contributed by atoms with Crippen LogP contribution in [0.5, 0.6) is 0 Å². The van der Waals surface area contributed by atoms with E-state index in [0.717, 1.165) is 18.7 Å². The van der Waals surface area contributed by atoms with E-state index in [4.69, 9.17) is 9.47 Å². The Balaban J connectivity index is 1.43. The van der Waals surface area contributed by atoms with E-state index in [-0.39, 0.29) is 6.10 Å². The molecule has 1 saturated carbocycles. The van der Waals surface area contributed by atoms with Crippen LogP contribution in [-0.4, -0.2) is 27.8 Å². The first-order valence-corrected chi connectivity index (χ1v) is 8.86. The van der Waals surface area contributed by atoms with Gasteiger partial charge in [-0.1, -0.05) is 30.3 Å². The van der Waals surface area contributed by atoms with Crippen LogP contribution in [0.25, 0.3) is 0 Å². The van der Waals surface area contributed by atoms with Crippen molar-refractivity contribution in [2.24, 2.45) is 0 Å². The molecule has 1 aliphatic carbocycles. The largest absolute Gasteiger partial charge is 0.444 e. The highest BCUT2D eigenvalue weighted by Gasteiger charge is 2.33. The maximum absolute atomic E-state index is 11.7. The van der Waals surface area contributed by atoms with E-state index in [9.17, 15) is 4.79 Å². The summed E-state index contributed by atoms with van der Waals surface area (Å²) in [4.78, 5) is 20.5. The van der Waals surface area contributed by atoms with Crippen LogP contribution in [0.4, 0.5) is 10.5 Å². The Bertz CT molecular complexity index is 720. The maximum atomic E-state index is 11.7. The van der Waals surface area contributed by atoms with Crippen LogP contribution >= 0.6 is 0 Å². The zero-order chi connectivity index (χ0) is 18.6. The van der Waals surface area contributed by atoms with Crippen LogP contribution in [0.2, 0.25) is 0 Å². The Kier molecular flexibility index (Phi) is 5.52. The van der Waals surface area contributed by atoms with Gasteiger partial charge in [-0.2, -0.15) is 0 Å². The third-order valence-electron chi connectivity index (χ3n) is 4.11. The highest BCUT2D eigenvalue weighted by molar-refractivity contribution is 5.84. The number of hydrogen-bond acceptors (Lipinski definition) is 5. The molecule has 0 bridgehead atoms. The third-order valence-corrected chi connectivity index (χ3v) is 4.11. The number of carbonyl (C=O) groups excluding carboxylic acids is 1. The average molecular weight is 355 g/mol. The Morgan fingerprint density at radius 1 is 1.15 bits per heavy atom. The van der Waals surface area contributed by atoms with Gasteiger partial charge in [-0.15, -0.1) is 0 Å². The lowest BCUT2D eigenvalue weighted by Crippen LogP contribution is -2.31. The van der Waals surface area contributed by atoms with Crippen LogP contribution in [-0.2, 0) is 16.1 Å². The summed E-state index contributed by atoms with van der Waals surface area (Å²) in [6.45, 7) is 6.09. The molecule has 0 aliphatic heterocycles. The maximum Gasteiger partial charge on any atom is 0.412 e. The molecule has 0 spiro atoms. The molecule has 138 valence electrons. The van der Waals surface area contributed by atoms with Gasteiger partial charge in [0, 0.05) is 5.92 Å². The van der Waals surface area contributed by atoms with Gasteiger partial charge in [-0.05, 0) is 39.2 Å². The number of nitrogens with one attached hydrogen (secondary N) is 1. The van der Waals surface area contributed by atoms with Crippen molar-refractivity contribution >= 4 is 11.8 Å². The lowest BCUT2D eigenvalue weighted by molar-refractivity contribution is -0.0223. The van der Waals surface area contributed by atoms with Crippen molar-refractivity contribution in [2.75, 3.05) is 5.32 Å². The van der Waals surface area contributed by atoms with Gasteiger partial charge in [-0.25, -0.2) is 14.8 Å². The van der Waals surface area contributed by atoms with E-state index in [2.05, 4.69) is 27.4 Å². The Morgan fingerprint density at radius 2 is 1.81 bits per heavy atom. The summed E-state index contributed by atoms with van der Waals surface area (Å²) < 4.78 is 11.1. The van der Waals surface area contributed by atoms with Crippen molar-refractivity contribution in [1.29, 1.82) is 0 Å². The van der Waals surface area contributed by atoms with Crippen molar-refractivity contribution in [3.8, 4) is 0 Å². The van der Waals surface area contributed by atoms with E-state index < -0.39 is 11.7 Å². The number of benzene rings is 1. The number of ether oxygens (including phenoxy) is 2. The Labute approximate surface area is 154 Å². The molecule has 6 heteroatoms. The number of nitrogens with zero attached hydrogens (tertiary/aromatic N) is 2. The first kappa shape index (κ1) is 18.3. The molecule has 3 rings (SSSR count). The summed E-state index contributed by atoms with van der Waals surface area (Å²) in [5, 5.41) is 2.64. The number of rotatable bonds is 5. The van der Waals surface area contributed by atoms with Crippen molar-refractivity contribution in [3.05, 3.63) is 54.1 Å². The number of aromatic nitrogens is 2. The molecule has 6 nitrogen and oxygen atoms in total. The molecule has 1 aliphatic rings. The first-order valence-electron chi connectivity index (χ1n) is 8.86. The highest BCUT2D eigenvalue weighted by Crippen LogP contribution is 2.37. The summed E-state index contributed by atoms with van der Waals surface area (Å²) in [5.74, 6) is 1.10. The van der Waals surface area contributed by atoms with E-state index in [1.165, 1.54) is 5.56 Å². The molecular weight excluding hydrogens is 330 g/mol. The first-order chi connectivity index (χ1) is 12.4. The molecular formula is C20H25N3O3. The summed E-state index contributed by atoms with van der Waals surface area (Å²) in [7, 11) is 0. The van der Waals surface area contributed by atoms with Crippen molar-refractivity contribution in [1.82, 2.24) is 9.97 Å². The third kappa shape index (κ3) is 5.26. The van der Waals surface area contributed by atoms with Gasteiger partial charge in [-0.3, -0.25) is 5.32 Å². The zero-order valence-corrected chi connectivity index (χ0v) is 15.4. The average Bonchev–Trinajstić information content (AvgIpc) is 2.54. The minimum atomic E-state index is -0.536. The second kappa shape index (κ2) is 7.83. The van der Waals surface area contributed by atoms with Gasteiger partial charge in [0.05, 0.1) is 30.8 Å². The SMILES string of the molecule is CC(C)(C)OC(=O)Nc1cnc(C2CC(OCc3ccccc3)C2)nc1. The molecule has 0 atom stereocenters. The molecule has 1 aromatic carbocycles. The van der Waals surface area contributed by atoms with Crippen LogP contribution in [0.3, 0.4) is 0 Å². The second-order valence-electron chi connectivity index (χ2n) is 7.54. The number of anilines is 1. The lowest BCUT2D eigenvalue weighted by Gasteiger charge is -2.34. The molecule has 0 saturated heterocycles. The molecule has 1 heterocycles. The minimum Gasteiger partial charge on any atom is -0.444 e. The van der Waals surface area contributed by atoms with Crippen molar-refractivity contribution in [2.45, 2.75) is 57.8 Å². The van der Waals surface area contributed by atoms with Gasteiger partial charge in [0.25, 0.3) is 0 Å². The fraction of sp³-hybridized carbons (Fsp3) is 0.450. The summed E-state index contributed by atoms with van der Waals surface area (Å²) in [6.07, 6.45) is 4.82. The van der Waals surface area contributed by atoms with E-state index in [1.54, 1.807) is 12.4 Å². The van der Waals surface area contributed by atoms with Crippen molar-refractivity contribution in [3.63, 3.8) is 0 Å². The second-order valence-corrected chi connectivity index (χ2v) is 7.54. The lowest BCUT2D eigenvalue weighted by atomic mass is 9.81. The van der Waals surface area contributed by atoms with Crippen molar-refractivity contribution < 1.29 is 14.3 Å². The van der Waals surface area contributed by atoms with E-state index >= 15 is 0 Å². The predicted octanol–water partition coefficient (Wildman–Crippen LogP) is 4.29. The summed E-state index contributed by atoms with van der Waals surface area (Å²) >= 11 is 0. The van der Waals surface area contributed by atoms with Gasteiger partial charge >= 0.3 is 6.09 Å². The molecule has 1 N–H and O–H groups in total. The van der Waals surface area contributed by atoms with Gasteiger partial charge in [0.1, 0.15) is 11.4 Å². The molecule has 1 fully saturated rings. The topological polar surface area (TPSA) is 73.3 Å². The highest BCUT2D eigenvalue weighted by atomic mass is 16.6. The van der Waals surface area contributed by atoms with E-state index in [0.29, 0.717) is 18.2 Å². The fourth-order valence-corrected chi connectivity index (χ4v) is 2.74. The number of amides is 1. The smallest absolute Gasteiger partial charge is 0.412 e. The van der Waals surface area contributed by atoms with Gasteiger partial charge < -0.3 is 9.47 Å². The molecule has 0 unspecified atom stereocenters. The van der Waals surface area contributed by atoms with Crippen LogP contribution in [0.15, 0.2) is 42.7 Å². The van der Waals surface area contributed by atoms with Crippen LogP contribution in [0.1, 0.15) is 50.9 Å². The zero-order valence-electron chi connectivity index (χ0n) is 15.4. The van der Waals surface area contributed by atoms with Gasteiger partial charge in [0.15, 0.2) is 0 Å². The Morgan fingerprint density at radius 3 is 2.42 bits per heavy atom. The van der Waals surface area contributed by atoms with E-state index in [1.807, 2.05) is 39.0 Å². The molecule has 2 aromatic rings. The van der Waals surface area contributed by atoms with Crippen LogP contribution < -0.4 is 5.32 Å². The summed E-state index contributed by atoms with van der Waals surface area (Å²) in [5.41, 5.74) is 1.18. The molecule has 26 heavy (non-hydrogen) atoms. The summed E-state index contributed by atoms with van der Waals surface area (Å²) in [6, 6.07) is 10.2. The molecule has 1 aromatic heterocycles. The minimum absolute atomic E-state index is 0.253. The van der Waals surface area contributed by atoms with Crippen LogP contribution in [0, 0.1) is 0 Å². The Hall–Kier alpha value is -2.47. The quantitative estimate of drug-likeness (QED) is 0.866. The normalized spacial score (nSPS) is 19.5. The monoisotopic (exact) mass is 355 g/mol. The fourth-order valence-electron chi connectivity index (χ4n) is 2.74. The molecule has 0 radical (unpaired) electrons. The predicted molar refractivity (Wildman–Crippen MR) is 98.9 cm³/mol. The molecule has 1 amide bonds. The van der Waals surface area contributed by atoms with Gasteiger partial charge in [0.2, 0.25) is 0 Å². The number of hydrogen-bond donors (Lipinski definition) is 1.